The van der Waals surface area contributed by atoms with Gasteiger partial charge in [-0.25, -0.2) is 0 Å². The van der Waals surface area contributed by atoms with Crippen LogP contribution in [-0.4, -0.2) is 33.2 Å². The van der Waals surface area contributed by atoms with Gasteiger partial charge in [0.25, 0.3) is 11.5 Å². The molecule has 0 bridgehead atoms. The highest BCUT2D eigenvalue weighted by atomic mass is 16.4. The summed E-state index contributed by atoms with van der Waals surface area (Å²) in [6.07, 6.45) is 3.14. The van der Waals surface area contributed by atoms with Crippen LogP contribution in [0, 0.1) is 5.92 Å². The number of carboxylic acid groups (broad SMARTS) is 1. The highest BCUT2D eigenvalue weighted by Crippen LogP contribution is 2.33. The highest BCUT2D eigenvalue weighted by Gasteiger charge is 2.25. The van der Waals surface area contributed by atoms with E-state index in [0.717, 1.165) is 19.3 Å². The summed E-state index contributed by atoms with van der Waals surface area (Å²) in [5, 5.41) is 21.6. The second-order valence-corrected chi connectivity index (χ2v) is 6.01. The molecule has 3 rings (SSSR count). The quantitative estimate of drug-likeness (QED) is 0.740. The number of aryl methyl sites for hydroxylation is 1. The first-order valence-electron chi connectivity index (χ1n) is 7.83. The molecular weight excluding hydrogens is 312 g/mol. The summed E-state index contributed by atoms with van der Waals surface area (Å²) in [7, 11) is 0. The lowest BCUT2D eigenvalue weighted by molar-refractivity contribution is -0.135. The number of benzene rings is 1. The zero-order valence-electron chi connectivity index (χ0n) is 13.0. The zero-order chi connectivity index (χ0) is 17.3. The number of aromatic nitrogens is 1. The maximum Gasteiger partial charge on any atom is 0.322 e. The van der Waals surface area contributed by atoms with E-state index in [9.17, 15) is 19.5 Å². The van der Waals surface area contributed by atoms with Crippen LogP contribution >= 0.6 is 0 Å². The first-order chi connectivity index (χ1) is 11.5. The van der Waals surface area contributed by atoms with Gasteiger partial charge in [-0.2, -0.15) is 0 Å². The van der Waals surface area contributed by atoms with Gasteiger partial charge in [-0.15, -0.1) is 0 Å². The van der Waals surface area contributed by atoms with Gasteiger partial charge < -0.3 is 20.1 Å². The maximum absolute atomic E-state index is 12.7. The molecule has 0 unspecified atom stereocenters. The number of carbonyl (C=O) groups excluding carboxylic acids is 1. The Morgan fingerprint density at radius 1 is 1.25 bits per heavy atom. The molecule has 1 saturated carbocycles. The Labute approximate surface area is 137 Å². The average molecular weight is 330 g/mol. The third-order valence-electron chi connectivity index (χ3n) is 4.23. The van der Waals surface area contributed by atoms with Crippen LogP contribution in [0.3, 0.4) is 0 Å². The van der Waals surface area contributed by atoms with E-state index in [-0.39, 0.29) is 0 Å². The summed E-state index contributed by atoms with van der Waals surface area (Å²) < 4.78 is 1.49. The van der Waals surface area contributed by atoms with Crippen LogP contribution in [0.2, 0.25) is 0 Å². The monoisotopic (exact) mass is 330 g/mol. The number of aliphatic carboxylic acids is 1. The van der Waals surface area contributed by atoms with Gasteiger partial charge in [0.05, 0.1) is 5.52 Å². The molecule has 126 valence electrons. The van der Waals surface area contributed by atoms with Crippen molar-refractivity contribution >= 4 is 22.8 Å². The highest BCUT2D eigenvalue weighted by molar-refractivity contribution is 6.03. The molecular formula is C17H18N2O5. The van der Waals surface area contributed by atoms with Gasteiger partial charge in [0.2, 0.25) is 0 Å². The second-order valence-electron chi connectivity index (χ2n) is 6.01. The number of nitrogens with one attached hydrogen (secondary N) is 1. The predicted octanol–water partition coefficient (Wildman–Crippen LogP) is 1.32. The van der Waals surface area contributed by atoms with Gasteiger partial charge >= 0.3 is 5.97 Å². The van der Waals surface area contributed by atoms with E-state index in [4.69, 9.17) is 5.11 Å². The van der Waals surface area contributed by atoms with Crippen molar-refractivity contribution < 1.29 is 19.8 Å². The van der Waals surface area contributed by atoms with Crippen LogP contribution in [-0.2, 0) is 11.3 Å². The van der Waals surface area contributed by atoms with E-state index in [1.54, 1.807) is 24.3 Å². The number of hydrogen-bond donors (Lipinski definition) is 3. The number of nitrogens with zero attached hydrogens (tertiary/aromatic N) is 1. The zero-order valence-corrected chi connectivity index (χ0v) is 13.0. The number of aromatic hydroxyl groups is 1. The van der Waals surface area contributed by atoms with Gasteiger partial charge in [0, 0.05) is 11.9 Å². The molecule has 1 aromatic heterocycles. The molecule has 1 aliphatic carbocycles. The number of carboxylic acids is 1. The lowest BCUT2D eigenvalue weighted by atomic mass is 10.1. The van der Waals surface area contributed by atoms with Crippen molar-refractivity contribution in [1.29, 1.82) is 0 Å². The van der Waals surface area contributed by atoms with Crippen LogP contribution in [0.25, 0.3) is 10.9 Å². The molecule has 24 heavy (non-hydrogen) atoms. The Kier molecular flexibility index (Phi) is 4.24. The predicted molar refractivity (Wildman–Crippen MR) is 87.2 cm³/mol. The second kappa shape index (κ2) is 6.35. The van der Waals surface area contributed by atoms with E-state index in [1.165, 1.54) is 4.57 Å². The summed E-state index contributed by atoms with van der Waals surface area (Å²) in [6.45, 7) is -0.157. The molecule has 0 atom stereocenters. The Bertz CT molecular complexity index is 867. The fraction of sp³-hybridized carbons (Fsp3) is 0.353. The maximum atomic E-state index is 12.7. The topological polar surface area (TPSA) is 109 Å². The minimum absolute atomic E-state index is 0.397. The number of pyridine rings is 1. The van der Waals surface area contributed by atoms with Crippen molar-refractivity contribution in [3.8, 4) is 5.75 Å². The van der Waals surface area contributed by atoms with Gasteiger partial charge in [-0.1, -0.05) is 25.0 Å². The van der Waals surface area contributed by atoms with E-state index in [2.05, 4.69) is 5.32 Å². The molecule has 7 nitrogen and oxygen atoms in total. The van der Waals surface area contributed by atoms with E-state index in [1.807, 2.05) is 0 Å². The van der Waals surface area contributed by atoms with Crippen molar-refractivity contribution in [1.82, 2.24) is 9.88 Å². The van der Waals surface area contributed by atoms with Crippen LogP contribution < -0.4 is 10.9 Å². The largest absolute Gasteiger partial charge is 0.506 e. The van der Waals surface area contributed by atoms with E-state index in [0.29, 0.717) is 23.4 Å². The molecule has 3 N–H and O–H groups in total. The lowest BCUT2D eigenvalue weighted by Gasteiger charge is -2.14. The molecule has 1 heterocycles. The summed E-state index contributed by atoms with van der Waals surface area (Å²) in [6, 6.07) is 6.82. The van der Waals surface area contributed by atoms with Crippen LogP contribution in [0.15, 0.2) is 29.1 Å². The number of amides is 1. The van der Waals surface area contributed by atoms with Crippen LogP contribution in [0.4, 0.5) is 0 Å². The molecule has 2 aromatic rings. The van der Waals surface area contributed by atoms with Gasteiger partial charge in [-0.3, -0.25) is 14.4 Å². The SMILES string of the molecule is O=C(O)CNC(=O)c1c(O)c2ccccc2n(CCC2CC2)c1=O. The number of carbonyl (C=O) groups is 2. The van der Waals surface area contributed by atoms with Gasteiger partial charge in [-0.05, 0) is 24.5 Å². The van der Waals surface area contributed by atoms with Gasteiger partial charge in [0.15, 0.2) is 0 Å². The minimum atomic E-state index is -1.22. The summed E-state index contributed by atoms with van der Waals surface area (Å²) >= 11 is 0. The first-order valence-corrected chi connectivity index (χ1v) is 7.83. The summed E-state index contributed by atoms with van der Waals surface area (Å²) in [5.41, 5.74) is -0.448. The summed E-state index contributed by atoms with van der Waals surface area (Å²) in [5.74, 6) is -1.92. The van der Waals surface area contributed by atoms with Crippen LogP contribution in [0.1, 0.15) is 29.6 Å². The molecule has 0 spiro atoms. The third kappa shape index (κ3) is 3.10. The van der Waals surface area contributed by atoms with Crippen LogP contribution in [0.5, 0.6) is 5.75 Å². The van der Waals surface area contributed by atoms with E-state index < -0.39 is 35.3 Å². The van der Waals surface area contributed by atoms with Crippen molar-refractivity contribution in [2.45, 2.75) is 25.8 Å². The molecule has 1 amide bonds. The molecule has 1 fully saturated rings. The van der Waals surface area contributed by atoms with Crippen molar-refractivity contribution in [2.24, 2.45) is 5.92 Å². The molecule has 0 aliphatic heterocycles. The molecule has 1 aliphatic rings. The third-order valence-corrected chi connectivity index (χ3v) is 4.23. The van der Waals surface area contributed by atoms with Crippen molar-refractivity contribution in [3.05, 3.63) is 40.2 Å². The smallest absolute Gasteiger partial charge is 0.322 e. The lowest BCUT2D eigenvalue weighted by Crippen LogP contribution is -2.36. The number of rotatable bonds is 6. The number of fused-ring (bicyclic) bond motifs is 1. The summed E-state index contributed by atoms with van der Waals surface area (Å²) in [4.78, 5) is 35.5. The van der Waals surface area contributed by atoms with Crippen molar-refractivity contribution in [3.63, 3.8) is 0 Å². The molecule has 0 radical (unpaired) electrons. The number of para-hydroxylation sites is 1. The number of hydrogen-bond acceptors (Lipinski definition) is 4. The first kappa shape index (κ1) is 16.0. The molecule has 7 heteroatoms. The Morgan fingerprint density at radius 2 is 1.96 bits per heavy atom. The fourth-order valence-corrected chi connectivity index (χ4v) is 2.78. The van der Waals surface area contributed by atoms with E-state index >= 15 is 0 Å². The van der Waals surface area contributed by atoms with Crippen molar-refractivity contribution in [2.75, 3.05) is 6.54 Å². The minimum Gasteiger partial charge on any atom is -0.506 e. The molecule has 0 saturated heterocycles. The Morgan fingerprint density at radius 3 is 2.62 bits per heavy atom. The Hall–Kier alpha value is -2.83. The average Bonchev–Trinajstić information content (AvgIpc) is 3.37. The Balaban J connectivity index is 2.08. The molecule has 1 aromatic carbocycles. The van der Waals surface area contributed by atoms with Gasteiger partial charge in [0.1, 0.15) is 17.9 Å². The fourth-order valence-electron chi connectivity index (χ4n) is 2.78. The normalized spacial score (nSPS) is 13.8. The standard InChI is InChI=1S/C17H18N2O5/c20-13(21)9-18-16(23)14-15(22)11-3-1-2-4-12(11)19(17(14)24)8-7-10-5-6-10/h1-4,10,22H,5-9H2,(H,18,23)(H,20,21).